The quantitative estimate of drug-likeness (QED) is 0.779. The maximum absolute atomic E-state index is 3.63. The van der Waals surface area contributed by atoms with Crippen LogP contribution >= 0.6 is 0 Å². The lowest BCUT2D eigenvalue weighted by Crippen LogP contribution is -2.54. The summed E-state index contributed by atoms with van der Waals surface area (Å²) in [5, 5.41) is 3.63. The SMILES string of the molecule is CCN(C1CCCCC1)C1CCC1CNC(C)C. The molecular weight excluding hydrogens is 220 g/mol. The number of nitrogens with zero attached hydrogens (tertiary/aromatic N) is 1. The minimum Gasteiger partial charge on any atom is -0.314 e. The molecule has 2 fully saturated rings. The van der Waals surface area contributed by atoms with Crippen molar-refractivity contribution in [3.8, 4) is 0 Å². The maximum atomic E-state index is 3.63. The summed E-state index contributed by atoms with van der Waals surface area (Å²) < 4.78 is 0. The van der Waals surface area contributed by atoms with Crippen molar-refractivity contribution in [1.29, 1.82) is 0 Å². The van der Waals surface area contributed by atoms with Gasteiger partial charge in [0.15, 0.2) is 0 Å². The van der Waals surface area contributed by atoms with Crippen molar-refractivity contribution < 1.29 is 0 Å². The predicted octanol–water partition coefficient (Wildman–Crippen LogP) is 3.42. The summed E-state index contributed by atoms with van der Waals surface area (Å²) in [7, 11) is 0. The normalized spacial score (nSPS) is 29.8. The Balaban J connectivity index is 1.83. The molecule has 0 amide bonds. The molecule has 2 aliphatic rings. The molecule has 18 heavy (non-hydrogen) atoms. The molecule has 2 atom stereocenters. The van der Waals surface area contributed by atoms with Crippen molar-refractivity contribution in [2.24, 2.45) is 5.92 Å². The van der Waals surface area contributed by atoms with Gasteiger partial charge in [0.25, 0.3) is 0 Å². The van der Waals surface area contributed by atoms with E-state index in [2.05, 4.69) is 31.0 Å². The Morgan fingerprint density at radius 2 is 1.78 bits per heavy atom. The largest absolute Gasteiger partial charge is 0.314 e. The van der Waals surface area contributed by atoms with Gasteiger partial charge in [0, 0.05) is 18.1 Å². The third kappa shape index (κ3) is 3.48. The first-order chi connectivity index (χ1) is 8.72. The summed E-state index contributed by atoms with van der Waals surface area (Å²) in [6.07, 6.45) is 10.2. The van der Waals surface area contributed by atoms with Gasteiger partial charge in [-0.1, -0.05) is 40.0 Å². The van der Waals surface area contributed by atoms with E-state index < -0.39 is 0 Å². The van der Waals surface area contributed by atoms with Gasteiger partial charge in [-0.3, -0.25) is 4.90 Å². The monoisotopic (exact) mass is 252 g/mol. The first kappa shape index (κ1) is 14.3. The van der Waals surface area contributed by atoms with Crippen LogP contribution in [-0.4, -0.2) is 36.1 Å². The van der Waals surface area contributed by atoms with Crippen LogP contribution in [0.4, 0.5) is 0 Å². The van der Waals surface area contributed by atoms with Crippen LogP contribution in [0.2, 0.25) is 0 Å². The number of rotatable bonds is 6. The molecule has 0 aromatic carbocycles. The Kier molecular flexibility index (Phi) is 5.50. The Morgan fingerprint density at radius 3 is 2.28 bits per heavy atom. The highest BCUT2D eigenvalue weighted by Crippen LogP contribution is 2.35. The topological polar surface area (TPSA) is 15.3 Å². The smallest absolute Gasteiger partial charge is 0.0139 e. The summed E-state index contributed by atoms with van der Waals surface area (Å²) >= 11 is 0. The van der Waals surface area contributed by atoms with Gasteiger partial charge in [-0.05, 0) is 44.7 Å². The van der Waals surface area contributed by atoms with E-state index in [0.717, 1.165) is 18.0 Å². The van der Waals surface area contributed by atoms with E-state index in [1.54, 1.807) is 0 Å². The Bertz CT molecular complexity index is 233. The molecule has 0 aromatic heterocycles. The van der Waals surface area contributed by atoms with E-state index in [1.807, 2.05) is 0 Å². The third-order valence-corrected chi connectivity index (χ3v) is 5.00. The van der Waals surface area contributed by atoms with Gasteiger partial charge in [-0.15, -0.1) is 0 Å². The van der Waals surface area contributed by atoms with Crippen LogP contribution in [0, 0.1) is 5.92 Å². The lowest BCUT2D eigenvalue weighted by atomic mass is 9.76. The molecule has 1 N–H and O–H groups in total. The molecule has 2 saturated carbocycles. The fourth-order valence-corrected chi connectivity index (χ4v) is 3.79. The average molecular weight is 252 g/mol. The lowest BCUT2D eigenvalue weighted by Gasteiger charge is -2.48. The van der Waals surface area contributed by atoms with E-state index in [4.69, 9.17) is 0 Å². The Labute approximate surface area is 114 Å². The van der Waals surface area contributed by atoms with Crippen LogP contribution in [0.3, 0.4) is 0 Å². The summed E-state index contributed by atoms with van der Waals surface area (Å²) in [5.74, 6) is 0.911. The molecule has 0 radical (unpaired) electrons. The minimum atomic E-state index is 0.635. The van der Waals surface area contributed by atoms with Gasteiger partial charge >= 0.3 is 0 Å². The molecular formula is C16H32N2. The molecule has 2 aliphatic carbocycles. The summed E-state index contributed by atoms with van der Waals surface area (Å²) in [6.45, 7) is 9.36. The van der Waals surface area contributed by atoms with E-state index in [1.165, 1.54) is 58.0 Å². The zero-order valence-corrected chi connectivity index (χ0v) is 12.6. The van der Waals surface area contributed by atoms with Crippen LogP contribution in [0.5, 0.6) is 0 Å². The first-order valence-electron chi connectivity index (χ1n) is 8.21. The van der Waals surface area contributed by atoms with Crippen LogP contribution in [0.15, 0.2) is 0 Å². The molecule has 0 spiro atoms. The van der Waals surface area contributed by atoms with Crippen LogP contribution < -0.4 is 5.32 Å². The fourth-order valence-electron chi connectivity index (χ4n) is 3.79. The van der Waals surface area contributed by atoms with Crippen molar-refractivity contribution in [3.63, 3.8) is 0 Å². The molecule has 0 saturated heterocycles. The zero-order chi connectivity index (χ0) is 13.0. The maximum Gasteiger partial charge on any atom is 0.0139 e. The molecule has 0 aromatic rings. The molecule has 2 unspecified atom stereocenters. The second-order valence-corrected chi connectivity index (χ2v) is 6.59. The van der Waals surface area contributed by atoms with Crippen molar-refractivity contribution in [3.05, 3.63) is 0 Å². The Hall–Kier alpha value is -0.0800. The van der Waals surface area contributed by atoms with Crippen molar-refractivity contribution in [2.45, 2.75) is 83.8 Å². The van der Waals surface area contributed by atoms with Crippen LogP contribution in [0.1, 0.15) is 65.7 Å². The molecule has 106 valence electrons. The highest BCUT2D eigenvalue weighted by molar-refractivity contribution is 4.93. The van der Waals surface area contributed by atoms with E-state index in [0.29, 0.717) is 6.04 Å². The summed E-state index contributed by atoms with van der Waals surface area (Å²) in [6, 6.07) is 2.41. The Morgan fingerprint density at radius 1 is 1.06 bits per heavy atom. The molecule has 2 nitrogen and oxygen atoms in total. The van der Waals surface area contributed by atoms with Gasteiger partial charge in [0.1, 0.15) is 0 Å². The summed E-state index contributed by atoms with van der Waals surface area (Å²) in [4.78, 5) is 2.84. The molecule has 0 aliphatic heterocycles. The second kappa shape index (κ2) is 6.91. The van der Waals surface area contributed by atoms with Crippen molar-refractivity contribution >= 4 is 0 Å². The number of nitrogens with one attached hydrogen (secondary N) is 1. The number of hydrogen-bond donors (Lipinski definition) is 1. The highest BCUT2D eigenvalue weighted by Gasteiger charge is 2.37. The van der Waals surface area contributed by atoms with Gasteiger partial charge in [-0.2, -0.15) is 0 Å². The van der Waals surface area contributed by atoms with Gasteiger partial charge in [-0.25, -0.2) is 0 Å². The van der Waals surface area contributed by atoms with Crippen molar-refractivity contribution in [2.75, 3.05) is 13.1 Å². The van der Waals surface area contributed by atoms with Crippen LogP contribution in [-0.2, 0) is 0 Å². The highest BCUT2D eigenvalue weighted by atomic mass is 15.2. The van der Waals surface area contributed by atoms with Crippen LogP contribution in [0.25, 0.3) is 0 Å². The van der Waals surface area contributed by atoms with Crippen molar-refractivity contribution in [1.82, 2.24) is 10.2 Å². The average Bonchev–Trinajstić information content (AvgIpc) is 2.35. The van der Waals surface area contributed by atoms with Gasteiger partial charge in [0.2, 0.25) is 0 Å². The van der Waals surface area contributed by atoms with E-state index >= 15 is 0 Å². The predicted molar refractivity (Wildman–Crippen MR) is 78.9 cm³/mol. The molecule has 2 rings (SSSR count). The fraction of sp³-hybridized carbons (Fsp3) is 1.00. The standard InChI is InChI=1S/C16H32N2/c1-4-18(15-8-6-5-7-9-15)16-11-10-14(16)12-17-13(2)3/h13-17H,4-12H2,1-3H3. The zero-order valence-electron chi connectivity index (χ0n) is 12.6. The van der Waals surface area contributed by atoms with E-state index in [-0.39, 0.29) is 0 Å². The molecule has 0 heterocycles. The minimum absolute atomic E-state index is 0.635. The summed E-state index contributed by atoms with van der Waals surface area (Å²) in [5.41, 5.74) is 0. The molecule has 2 heteroatoms. The van der Waals surface area contributed by atoms with Gasteiger partial charge in [0.05, 0.1) is 0 Å². The third-order valence-electron chi connectivity index (χ3n) is 5.00. The molecule has 0 bridgehead atoms. The number of hydrogen-bond acceptors (Lipinski definition) is 2. The second-order valence-electron chi connectivity index (χ2n) is 6.59. The van der Waals surface area contributed by atoms with Gasteiger partial charge < -0.3 is 5.32 Å². The first-order valence-corrected chi connectivity index (χ1v) is 8.21. The van der Waals surface area contributed by atoms with E-state index in [9.17, 15) is 0 Å². The lowest BCUT2D eigenvalue weighted by molar-refractivity contribution is 0.0178.